The molecule has 0 saturated carbocycles. The van der Waals surface area contributed by atoms with Gasteiger partial charge >= 0.3 is 0 Å². The van der Waals surface area contributed by atoms with Crippen molar-refractivity contribution in [1.29, 1.82) is 0 Å². The molecule has 7 nitrogen and oxygen atoms in total. The van der Waals surface area contributed by atoms with E-state index in [2.05, 4.69) is 21.6 Å². The number of nitrogens with zero attached hydrogens (tertiary/aromatic N) is 1. The molecule has 0 bridgehead atoms. The van der Waals surface area contributed by atoms with Crippen molar-refractivity contribution >= 4 is 11.8 Å². The molecule has 1 aromatic heterocycles. The van der Waals surface area contributed by atoms with Crippen LogP contribution in [0.4, 0.5) is 0 Å². The summed E-state index contributed by atoms with van der Waals surface area (Å²) in [5, 5.41) is 5.81. The number of hydrogen-bond donors (Lipinski definition) is 2. The summed E-state index contributed by atoms with van der Waals surface area (Å²) >= 11 is 0. The van der Waals surface area contributed by atoms with Crippen molar-refractivity contribution in [1.82, 2.24) is 15.5 Å². The normalized spacial score (nSPS) is 15.1. The Morgan fingerprint density at radius 3 is 2.72 bits per heavy atom. The maximum Gasteiger partial charge on any atom is 0.286 e. The number of benzene rings is 1. The van der Waals surface area contributed by atoms with Gasteiger partial charge in [-0.3, -0.25) is 14.5 Å². The minimum Gasteiger partial charge on any atom is -0.497 e. The van der Waals surface area contributed by atoms with Gasteiger partial charge in [-0.05, 0) is 62.2 Å². The highest BCUT2D eigenvalue weighted by Gasteiger charge is 2.24. The molecule has 1 atom stereocenters. The maximum absolute atomic E-state index is 12.3. The third kappa shape index (κ3) is 6.09. The standard InChI is InChI=1S/C22H29N3O4/c1-28-18-8-4-7-17(15-18)19(25-12-2-3-13-25)16-24-21(26)10-5-11-23-22(27)20-9-6-14-29-20/h4,6-9,14-15,19H,2-3,5,10-13,16H2,1H3,(H,23,27)(H,24,26). The van der Waals surface area contributed by atoms with Crippen molar-refractivity contribution in [2.75, 3.05) is 33.3 Å². The van der Waals surface area contributed by atoms with Crippen LogP contribution in [0.3, 0.4) is 0 Å². The van der Waals surface area contributed by atoms with E-state index >= 15 is 0 Å². The molecule has 1 aliphatic rings. The molecule has 2 heterocycles. The number of ether oxygens (including phenoxy) is 1. The van der Waals surface area contributed by atoms with Gasteiger partial charge in [-0.2, -0.15) is 0 Å². The molecule has 3 rings (SSSR count). The largest absolute Gasteiger partial charge is 0.497 e. The van der Waals surface area contributed by atoms with Crippen LogP contribution in [0, 0.1) is 0 Å². The van der Waals surface area contributed by atoms with Gasteiger partial charge in [-0.1, -0.05) is 12.1 Å². The molecule has 2 amide bonds. The van der Waals surface area contributed by atoms with Crippen LogP contribution in [0.2, 0.25) is 0 Å². The minimum atomic E-state index is -0.262. The molecular formula is C22H29N3O4. The van der Waals surface area contributed by atoms with E-state index in [9.17, 15) is 9.59 Å². The van der Waals surface area contributed by atoms with Crippen LogP contribution in [0.25, 0.3) is 0 Å². The van der Waals surface area contributed by atoms with Gasteiger partial charge in [0.25, 0.3) is 5.91 Å². The number of nitrogens with one attached hydrogen (secondary N) is 2. The predicted octanol–water partition coefficient (Wildman–Crippen LogP) is 2.75. The first kappa shape index (κ1) is 20.9. The van der Waals surface area contributed by atoms with Gasteiger partial charge in [0, 0.05) is 19.5 Å². The second kappa shape index (κ2) is 10.7. The lowest BCUT2D eigenvalue weighted by Gasteiger charge is -2.28. The van der Waals surface area contributed by atoms with E-state index in [4.69, 9.17) is 9.15 Å². The molecular weight excluding hydrogens is 370 g/mol. The Morgan fingerprint density at radius 2 is 2.00 bits per heavy atom. The summed E-state index contributed by atoms with van der Waals surface area (Å²) in [4.78, 5) is 26.5. The minimum absolute atomic E-state index is 0.00987. The van der Waals surface area contributed by atoms with Gasteiger partial charge in [-0.15, -0.1) is 0 Å². The Labute approximate surface area is 171 Å². The molecule has 0 aliphatic carbocycles. The van der Waals surface area contributed by atoms with Crippen LogP contribution in [-0.2, 0) is 4.79 Å². The molecule has 0 radical (unpaired) electrons. The van der Waals surface area contributed by atoms with E-state index in [1.807, 2.05) is 18.2 Å². The third-order valence-corrected chi connectivity index (χ3v) is 5.16. The first-order chi connectivity index (χ1) is 14.2. The number of furan rings is 1. The molecule has 1 aliphatic heterocycles. The highest BCUT2D eigenvalue weighted by Crippen LogP contribution is 2.27. The SMILES string of the molecule is COc1cccc(C(CNC(=O)CCCNC(=O)c2ccco2)N2CCCC2)c1. The molecule has 156 valence electrons. The van der Waals surface area contributed by atoms with Crippen molar-refractivity contribution in [2.24, 2.45) is 0 Å². The summed E-state index contributed by atoms with van der Waals surface area (Å²) in [7, 11) is 1.66. The van der Waals surface area contributed by atoms with Crippen molar-refractivity contribution in [2.45, 2.75) is 31.7 Å². The number of methoxy groups -OCH3 is 1. The smallest absolute Gasteiger partial charge is 0.286 e. The summed E-state index contributed by atoms with van der Waals surface area (Å²) in [6.07, 6.45) is 4.77. The fourth-order valence-electron chi connectivity index (χ4n) is 3.60. The Kier molecular flexibility index (Phi) is 7.69. The second-order valence-electron chi connectivity index (χ2n) is 7.18. The van der Waals surface area contributed by atoms with Crippen molar-refractivity contribution < 1.29 is 18.7 Å². The predicted molar refractivity (Wildman–Crippen MR) is 110 cm³/mol. The van der Waals surface area contributed by atoms with Crippen molar-refractivity contribution in [3.8, 4) is 5.75 Å². The average Bonchev–Trinajstić information content (AvgIpc) is 3.46. The van der Waals surface area contributed by atoms with Gasteiger partial charge in [0.1, 0.15) is 5.75 Å². The summed E-state index contributed by atoms with van der Waals surface area (Å²) in [5.41, 5.74) is 1.15. The van der Waals surface area contributed by atoms with Crippen molar-refractivity contribution in [3.05, 3.63) is 54.0 Å². The van der Waals surface area contributed by atoms with Gasteiger partial charge in [0.05, 0.1) is 19.4 Å². The van der Waals surface area contributed by atoms with Crippen LogP contribution in [0.5, 0.6) is 5.75 Å². The van der Waals surface area contributed by atoms with Gasteiger partial charge in [-0.25, -0.2) is 0 Å². The van der Waals surface area contributed by atoms with E-state index in [0.29, 0.717) is 25.9 Å². The van der Waals surface area contributed by atoms with Gasteiger partial charge in [0.15, 0.2) is 5.76 Å². The number of hydrogen-bond acceptors (Lipinski definition) is 5. The topological polar surface area (TPSA) is 83.8 Å². The van der Waals surface area contributed by atoms with E-state index in [1.165, 1.54) is 19.1 Å². The lowest BCUT2D eigenvalue weighted by Crippen LogP contribution is -2.37. The molecule has 1 saturated heterocycles. The summed E-state index contributed by atoms with van der Waals surface area (Å²) < 4.78 is 10.4. The average molecular weight is 399 g/mol. The zero-order valence-electron chi connectivity index (χ0n) is 16.9. The van der Waals surface area contributed by atoms with Crippen LogP contribution in [0.1, 0.15) is 47.8 Å². The van der Waals surface area contributed by atoms with E-state index in [0.717, 1.165) is 24.4 Å². The fraction of sp³-hybridized carbons (Fsp3) is 0.455. The van der Waals surface area contributed by atoms with Crippen LogP contribution in [-0.4, -0.2) is 50.0 Å². The Balaban J connectivity index is 1.46. The number of amides is 2. The van der Waals surface area contributed by atoms with Crippen molar-refractivity contribution in [3.63, 3.8) is 0 Å². The lowest BCUT2D eigenvalue weighted by atomic mass is 10.0. The molecule has 7 heteroatoms. The Bertz CT molecular complexity index is 785. The molecule has 29 heavy (non-hydrogen) atoms. The van der Waals surface area contributed by atoms with E-state index in [-0.39, 0.29) is 23.6 Å². The van der Waals surface area contributed by atoms with Gasteiger partial charge in [0.2, 0.25) is 5.91 Å². The van der Waals surface area contributed by atoms with Crippen LogP contribution in [0.15, 0.2) is 47.1 Å². The zero-order valence-corrected chi connectivity index (χ0v) is 16.9. The fourth-order valence-corrected chi connectivity index (χ4v) is 3.60. The molecule has 2 aromatic rings. The highest BCUT2D eigenvalue weighted by molar-refractivity contribution is 5.91. The summed E-state index contributed by atoms with van der Waals surface area (Å²) in [6.45, 7) is 3.07. The monoisotopic (exact) mass is 399 g/mol. The number of carbonyl (C=O) groups excluding carboxylic acids is 2. The number of likely N-dealkylation sites (tertiary alicyclic amines) is 1. The Hall–Kier alpha value is -2.80. The Morgan fingerprint density at radius 1 is 1.17 bits per heavy atom. The third-order valence-electron chi connectivity index (χ3n) is 5.16. The molecule has 2 N–H and O–H groups in total. The highest BCUT2D eigenvalue weighted by atomic mass is 16.5. The zero-order chi connectivity index (χ0) is 20.5. The quantitative estimate of drug-likeness (QED) is 0.600. The number of rotatable bonds is 10. The molecule has 1 fully saturated rings. The first-order valence-corrected chi connectivity index (χ1v) is 10.1. The maximum atomic E-state index is 12.3. The second-order valence-corrected chi connectivity index (χ2v) is 7.18. The molecule has 1 aromatic carbocycles. The van der Waals surface area contributed by atoms with E-state index in [1.54, 1.807) is 19.2 Å². The molecule has 1 unspecified atom stereocenters. The number of carbonyl (C=O) groups is 2. The first-order valence-electron chi connectivity index (χ1n) is 10.1. The van der Waals surface area contributed by atoms with Gasteiger partial charge < -0.3 is 19.8 Å². The lowest BCUT2D eigenvalue weighted by molar-refractivity contribution is -0.121. The molecule has 0 spiro atoms. The summed E-state index contributed by atoms with van der Waals surface area (Å²) in [5.74, 6) is 0.832. The van der Waals surface area contributed by atoms with E-state index < -0.39 is 0 Å². The van der Waals surface area contributed by atoms with Crippen LogP contribution >= 0.6 is 0 Å². The summed E-state index contributed by atoms with van der Waals surface area (Å²) in [6, 6.07) is 11.5. The van der Waals surface area contributed by atoms with Crippen LogP contribution < -0.4 is 15.4 Å².